The van der Waals surface area contributed by atoms with Crippen molar-refractivity contribution in [2.24, 2.45) is 10.8 Å². The van der Waals surface area contributed by atoms with Crippen LogP contribution in [0.4, 0.5) is 0 Å². The molecule has 206 valence electrons. The highest BCUT2D eigenvalue weighted by Crippen LogP contribution is 2.44. The van der Waals surface area contributed by atoms with Crippen molar-refractivity contribution in [1.29, 1.82) is 0 Å². The lowest BCUT2D eigenvalue weighted by Crippen LogP contribution is -2.21. The maximum absolute atomic E-state index is 13.3. The second-order valence-corrected chi connectivity index (χ2v) is 17.5. The number of hydrogen-bond donors (Lipinski definition) is 1. The molecule has 0 amide bonds. The average Bonchev–Trinajstić information content (AvgIpc) is 2.71. The zero-order valence-electron chi connectivity index (χ0n) is 25.6. The van der Waals surface area contributed by atoms with Crippen molar-refractivity contribution in [2.45, 2.75) is 107 Å². The van der Waals surface area contributed by atoms with Crippen LogP contribution in [0.2, 0.25) is 0 Å². The molecule has 0 aromatic carbocycles. The van der Waals surface area contributed by atoms with E-state index in [4.69, 9.17) is 0 Å². The third kappa shape index (κ3) is 8.05. The topological polar surface area (TPSA) is 37.3 Å². The van der Waals surface area contributed by atoms with Crippen LogP contribution in [0.5, 0.6) is 0 Å². The first-order chi connectivity index (χ1) is 17.1. The monoisotopic (exact) mass is 551 g/mol. The summed E-state index contributed by atoms with van der Waals surface area (Å²) in [5.74, 6) is 0.00586. The Bertz CT molecular complexity index is 1210. The van der Waals surface area contributed by atoms with Crippen LogP contribution in [0.25, 0.3) is 6.08 Å². The largest absolute Gasteiger partial charge is 0.506 e. The van der Waals surface area contributed by atoms with Gasteiger partial charge in [-0.3, -0.25) is 4.79 Å². The van der Waals surface area contributed by atoms with Crippen LogP contribution in [0.1, 0.15) is 111 Å². The van der Waals surface area contributed by atoms with Crippen molar-refractivity contribution < 1.29 is 9.90 Å². The first-order valence-electron chi connectivity index (χ1n) is 13.6. The Morgan fingerprint density at radius 3 is 1.58 bits per heavy atom. The summed E-state index contributed by atoms with van der Waals surface area (Å²) < 4.78 is 0. The molecule has 1 N–H and O–H groups in total. The number of Topliss-reactive ketones (excluding diaryl/α,β-unsaturated/α-hetero) is 1. The predicted octanol–water partition coefficient (Wildman–Crippen LogP) is 10.7. The minimum Gasteiger partial charge on any atom is -0.506 e. The number of hydrogen-bond acceptors (Lipinski definition) is 3. The Morgan fingerprint density at radius 2 is 1.21 bits per heavy atom. The Hall–Kier alpha value is -1.91. The molecule has 0 bridgehead atoms. The summed E-state index contributed by atoms with van der Waals surface area (Å²) in [6, 6.07) is 4.32. The van der Waals surface area contributed by atoms with E-state index in [2.05, 4.69) is 107 Å². The number of rotatable bonds is 4. The van der Waals surface area contributed by atoms with E-state index in [1.54, 1.807) is 0 Å². The summed E-state index contributed by atoms with van der Waals surface area (Å²) in [4.78, 5) is 18.4. The van der Waals surface area contributed by atoms with Gasteiger partial charge in [0.15, 0.2) is 0 Å². The van der Waals surface area contributed by atoms with Gasteiger partial charge in [0.25, 0.3) is 0 Å². The zero-order valence-corrected chi connectivity index (χ0v) is 27.2. The van der Waals surface area contributed by atoms with Crippen LogP contribution in [-0.2, 0) is 15.6 Å². The van der Waals surface area contributed by atoms with Gasteiger partial charge in [-0.2, -0.15) is 0 Å². The number of carbonyl (C=O) groups excluding carboxylic acids is 1. The molecule has 38 heavy (non-hydrogen) atoms. The Balaban J connectivity index is 2.02. The van der Waals surface area contributed by atoms with Gasteiger partial charge in [0.05, 0.1) is 11.1 Å². The molecule has 0 saturated heterocycles. The zero-order chi connectivity index (χ0) is 28.8. The molecule has 3 rings (SSSR count). The maximum Gasteiger partial charge on any atom is 0.219 e. The molecule has 0 fully saturated rings. The summed E-state index contributed by atoms with van der Waals surface area (Å²) in [5, 5.41) is 11.0. The quantitative estimate of drug-likeness (QED) is 0.299. The van der Waals surface area contributed by atoms with E-state index in [9.17, 15) is 9.90 Å². The van der Waals surface area contributed by atoms with Gasteiger partial charge >= 0.3 is 0 Å². The fraction of sp³-hybridized carbons (Fsp3) is 0.529. The van der Waals surface area contributed by atoms with E-state index in [1.165, 1.54) is 19.6 Å². The van der Waals surface area contributed by atoms with Crippen molar-refractivity contribution in [3.8, 4) is 0 Å². The van der Waals surface area contributed by atoms with Gasteiger partial charge in [-0.15, -0.1) is 0 Å². The lowest BCUT2D eigenvalue weighted by molar-refractivity contribution is -0.113. The Morgan fingerprint density at radius 1 is 0.763 bits per heavy atom. The molecular weight excluding hydrogens is 505 g/mol. The highest BCUT2D eigenvalue weighted by Gasteiger charge is 2.35. The summed E-state index contributed by atoms with van der Waals surface area (Å²) >= 11 is 3.68. The highest BCUT2D eigenvalue weighted by atomic mass is 32.2. The number of thioether (sulfide) groups is 1. The van der Waals surface area contributed by atoms with E-state index >= 15 is 0 Å². The molecule has 1 aromatic rings. The molecule has 2 heterocycles. The molecule has 0 spiro atoms. The summed E-state index contributed by atoms with van der Waals surface area (Å²) in [5.41, 5.74) is 3.11. The summed E-state index contributed by atoms with van der Waals surface area (Å²) in [7, 11) is 0. The van der Waals surface area contributed by atoms with Crippen LogP contribution in [0, 0.1) is 10.8 Å². The smallest absolute Gasteiger partial charge is 0.219 e. The van der Waals surface area contributed by atoms with Gasteiger partial charge < -0.3 is 5.11 Å². The third-order valence-electron chi connectivity index (χ3n) is 6.24. The van der Waals surface area contributed by atoms with Gasteiger partial charge in [0.2, 0.25) is 26.9 Å². The van der Waals surface area contributed by atoms with Crippen LogP contribution in [-0.4, -0.2) is 10.9 Å². The fourth-order valence-electron chi connectivity index (χ4n) is 4.33. The van der Waals surface area contributed by atoms with Crippen molar-refractivity contribution in [3.63, 3.8) is 0 Å². The van der Waals surface area contributed by atoms with Crippen LogP contribution >= 0.6 is 23.1 Å². The van der Waals surface area contributed by atoms with Gasteiger partial charge in [-0.1, -0.05) is 94.8 Å². The van der Waals surface area contributed by atoms with Gasteiger partial charge in [-0.25, -0.2) is 0 Å². The third-order valence-corrected chi connectivity index (χ3v) is 9.19. The minimum atomic E-state index is -0.0908. The summed E-state index contributed by atoms with van der Waals surface area (Å²) in [6.45, 7) is 26.8. The second kappa shape index (κ2) is 10.6. The molecule has 0 radical (unpaired) electrons. The molecule has 2 nitrogen and oxygen atoms in total. The number of aliphatic hydroxyl groups excluding tert-OH is 1. The average molecular weight is 552 g/mol. The van der Waals surface area contributed by atoms with Gasteiger partial charge in [-0.05, 0) is 68.9 Å². The molecule has 1 aliphatic heterocycles. The minimum absolute atomic E-state index is 0.00343. The fourth-order valence-corrected chi connectivity index (χ4v) is 7.31. The first-order valence-corrected chi connectivity index (χ1v) is 15.3. The SMILES string of the molecule is CC(C)(C)CC1=CC(=CC2=C(O)C(=Cc3cc(C(C)(C)C)[s+]c(C(C)(C)C)c3)C2=O)C=C(CC(C)(C)C)S1. The molecule has 1 aliphatic carbocycles. The highest BCUT2D eigenvalue weighted by molar-refractivity contribution is 8.06. The Kier molecular flexibility index (Phi) is 8.53. The van der Waals surface area contributed by atoms with Gasteiger partial charge in [0, 0.05) is 23.0 Å². The van der Waals surface area contributed by atoms with E-state index < -0.39 is 0 Å². The van der Waals surface area contributed by atoms with Crippen molar-refractivity contribution in [2.75, 3.05) is 0 Å². The maximum atomic E-state index is 13.3. The van der Waals surface area contributed by atoms with E-state index in [-0.39, 0.29) is 33.2 Å². The van der Waals surface area contributed by atoms with E-state index in [1.807, 2.05) is 35.3 Å². The predicted molar refractivity (Wildman–Crippen MR) is 169 cm³/mol. The van der Waals surface area contributed by atoms with Crippen LogP contribution in [0.15, 0.2) is 62.6 Å². The van der Waals surface area contributed by atoms with Crippen LogP contribution in [0.3, 0.4) is 0 Å². The molecule has 2 aliphatic rings. The second-order valence-electron chi connectivity index (χ2n) is 15.2. The number of aliphatic hydroxyl groups is 1. The molecule has 0 unspecified atom stereocenters. The normalized spacial score (nSPS) is 18.5. The first kappa shape index (κ1) is 30.6. The number of allylic oxidation sites excluding steroid dienone is 8. The summed E-state index contributed by atoms with van der Waals surface area (Å²) in [6.07, 6.45) is 10.0. The molecule has 1 aromatic heterocycles. The number of ketones is 1. The Labute approximate surface area is 239 Å². The standard InChI is InChI=1S/C34H46O2S2/c1-31(2,3)19-23-13-21(14-24(37-23)20-32(4,5)6)15-25-29(35)26(30(25)36)16-22-17-27(33(7,8)9)38-28(18-22)34(10,11)12/h13-18H,19-20H2,1-12H3/p+1. The molecule has 0 atom stereocenters. The lowest BCUT2D eigenvalue weighted by atomic mass is 9.84. The molecular formula is C34H47O2S2+. The van der Waals surface area contributed by atoms with Crippen molar-refractivity contribution in [3.05, 3.63) is 78.0 Å². The number of carbonyl (C=O) groups is 1. The van der Waals surface area contributed by atoms with Crippen molar-refractivity contribution >= 4 is 35.0 Å². The van der Waals surface area contributed by atoms with Crippen molar-refractivity contribution in [1.82, 2.24) is 0 Å². The lowest BCUT2D eigenvalue weighted by Gasteiger charge is -2.27. The van der Waals surface area contributed by atoms with Crippen LogP contribution < -0.4 is 0 Å². The molecule has 4 heteroatoms. The van der Waals surface area contributed by atoms with Gasteiger partial charge in [0.1, 0.15) is 5.76 Å². The van der Waals surface area contributed by atoms with E-state index in [0.717, 1.165) is 24.0 Å². The molecule has 0 saturated carbocycles. The van der Waals surface area contributed by atoms with E-state index in [0.29, 0.717) is 11.1 Å².